The van der Waals surface area contributed by atoms with Gasteiger partial charge < -0.3 is 0 Å². The van der Waals surface area contributed by atoms with E-state index in [0.717, 1.165) is 0 Å². The molecule has 0 saturated heterocycles. The van der Waals surface area contributed by atoms with Crippen molar-refractivity contribution in [1.29, 1.82) is 5.26 Å². The van der Waals surface area contributed by atoms with Gasteiger partial charge in [0.1, 0.15) is 5.40 Å². The van der Waals surface area contributed by atoms with Crippen molar-refractivity contribution < 1.29 is 0 Å². The summed E-state index contributed by atoms with van der Waals surface area (Å²) in [5.74, 6) is 0. The Balaban J connectivity index is 0. The van der Waals surface area contributed by atoms with Crippen molar-refractivity contribution in [1.82, 2.24) is 0 Å². The van der Waals surface area contributed by atoms with E-state index in [1.165, 1.54) is 5.40 Å². The first kappa shape index (κ1) is 8.85. The molecule has 0 bridgehead atoms. The molecule has 0 aromatic carbocycles. The topological polar surface area (TPSA) is 23.8 Å². The summed E-state index contributed by atoms with van der Waals surface area (Å²) in [5.41, 5.74) is 0. The van der Waals surface area contributed by atoms with Crippen LogP contribution in [0.2, 0.25) is 0 Å². The molecule has 17 valence electrons. The fourth-order valence-electron chi connectivity index (χ4n) is 0. The zero-order chi connectivity index (χ0) is 2.71. The second-order valence-corrected chi connectivity index (χ2v) is 0.300. The molecule has 0 heterocycles. The van der Waals surface area contributed by atoms with Gasteiger partial charge in [-0.1, -0.05) is 12.6 Å². The van der Waals surface area contributed by atoms with Gasteiger partial charge in [0.25, 0.3) is 0 Å². The predicted molar refractivity (Wildman–Crippen MR) is 20.4 cm³/mol. The van der Waals surface area contributed by atoms with Crippen LogP contribution in [0.5, 0.6) is 0 Å². The van der Waals surface area contributed by atoms with E-state index in [0.29, 0.717) is 0 Å². The Labute approximate surface area is 52.7 Å². The molecule has 1 radical (unpaired) electrons. The van der Waals surface area contributed by atoms with Crippen molar-refractivity contribution in [3.05, 3.63) is 0 Å². The summed E-state index contributed by atoms with van der Waals surface area (Å²) in [6.07, 6.45) is 0. The van der Waals surface area contributed by atoms with Gasteiger partial charge in [0.2, 0.25) is 0 Å². The summed E-state index contributed by atoms with van der Waals surface area (Å²) in [6, 6.07) is 0. The molecule has 0 N–H and O–H groups in total. The minimum Gasteiger partial charge on any atom is -0.185 e. The number of thiocyanates is 1. The van der Waals surface area contributed by atoms with Crippen LogP contribution in [0.4, 0.5) is 0 Å². The quantitative estimate of drug-likeness (QED) is 0.248. The van der Waals surface area contributed by atoms with Gasteiger partial charge in [0, 0.05) is 29.6 Å². The van der Waals surface area contributed by atoms with Crippen molar-refractivity contribution in [2.45, 2.75) is 0 Å². The first-order valence-electron chi connectivity index (χ1n) is 0.447. The van der Waals surface area contributed by atoms with E-state index in [1.807, 2.05) is 0 Å². The average molecular weight is 82.1 g/mol. The number of nitrogens with zero attached hydrogens (tertiary/aromatic N) is 1. The second-order valence-electron chi connectivity index (χ2n) is 0.100. The molecule has 0 aromatic rings. The van der Waals surface area contributed by atoms with Crippen LogP contribution in [0, 0.1) is 10.7 Å². The van der Waals surface area contributed by atoms with Crippen molar-refractivity contribution in [3.8, 4) is 5.40 Å². The number of rotatable bonds is 0. The number of hydrogen-bond acceptors (Lipinski definition) is 2. The van der Waals surface area contributed by atoms with Crippen LogP contribution in [-0.2, 0) is 0 Å². The molecule has 4 heavy (non-hydrogen) atoms. The SMILES string of the molecule is N#CS.[Na]. The van der Waals surface area contributed by atoms with Gasteiger partial charge in [-0.2, -0.15) is 5.26 Å². The maximum atomic E-state index is 7.18. The largest absolute Gasteiger partial charge is 0.185 e. The molecule has 0 atom stereocenters. The van der Waals surface area contributed by atoms with Gasteiger partial charge in [-0.15, -0.1) is 0 Å². The van der Waals surface area contributed by atoms with Crippen molar-refractivity contribution >= 4 is 42.2 Å². The molecule has 0 aliphatic rings. The summed E-state index contributed by atoms with van der Waals surface area (Å²) in [5, 5.41) is 8.63. The summed E-state index contributed by atoms with van der Waals surface area (Å²) < 4.78 is 0. The number of hydrogen-bond donors (Lipinski definition) is 1. The van der Waals surface area contributed by atoms with Crippen molar-refractivity contribution in [2.75, 3.05) is 0 Å². The van der Waals surface area contributed by atoms with E-state index in [1.54, 1.807) is 0 Å². The minimum absolute atomic E-state index is 0. The van der Waals surface area contributed by atoms with Crippen LogP contribution in [0.25, 0.3) is 0 Å². The molecule has 0 aliphatic carbocycles. The van der Waals surface area contributed by atoms with E-state index < -0.39 is 0 Å². The molecule has 0 saturated carbocycles. The van der Waals surface area contributed by atoms with Gasteiger partial charge in [0.15, 0.2) is 0 Å². The molecule has 1 nitrogen and oxygen atoms in total. The molecular formula is CHNNaS. The molecule has 0 aliphatic heterocycles. The fraction of sp³-hybridized carbons (Fsp3) is 0. The zero-order valence-corrected chi connectivity index (χ0v) is 5.29. The smallest absolute Gasteiger partial charge is 0.130 e. The summed E-state index contributed by atoms with van der Waals surface area (Å²) in [7, 11) is 0. The van der Waals surface area contributed by atoms with Gasteiger partial charge in [0.05, 0.1) is 0 Å². The van der Waals surface area contributed by atoms with Gasteiger partial charge in [-0.25, -0.2) is 0 Å². The van der Waals surface area contributed by atoms with Crippen molar-refractivity contribution in [2.24, 2.45) is 0 Å². The maximum Gasteiger partial charge on any atom is 0.130 e. The third kappa shape index (κ3) is 13.6. The Morgan fingerprint density at radius 2 is 1.75 bits per heavy atom. The molecule has 3 heteroatoms. The Kier molecular flexibility index (Phi) is 20.2. The van der Waals surface area contributed by atoms with E-state index in [9.17, 15) is 0 Å². The van der Waals surface area contributed by atoms with E-state index in [2.05, 4.69) is 12.6 Å². The predicted octanol–water partition coefficient (Wildman–Crippen LogP) is 0.0165. The van der Waals surface area contributed by atoms with Crippen LogP contribution >= 0.6 is 12.6 Å². The molecule has 0 fully saturated rings. The molecule has 0 rings (SSSR count). The number of nitriles is 1. The Morgan fingerprint density at radius 3 is 1.75 bits per heavy atom. The molecule has 0 spiro atoms. The van der Waals surface area contributed by atoms with E-state index >= 15 is 0 Å². The van der Waals surface area contributed by atoms with Crippen molar-refractivity contribution in [3.63, 3.8) is 0 Å². The van der Waals surface area contributed by atoms with Crippen LogP contribution < -0.4 is 0 Å². The van der Waals surface area contributed by atoms with Crippen LogP contribution in [-0.4, -0.2) is 29.6 Å². The molecular weight excluding hydrogens is 81.1 g/mol. The van der Waals surface area contributed by atoms with E-state index in [-0.39, 0.29) is 29.6 Å². The molecule has 0 amide bonds. The van der Waals surface area contributed by atoms with Crippen LogP contribution in [0.15, 0.2) is 0 Å². The second kappa shape index (κ2) is 9.15. The summed E-state index contributed by atoms with van der Waals surface area (Å²) in [4.78, 5) is 0. The Hall–Kier alpha value is 0.840. The van der Waals surface area contributed by atoms with Crippen LogP contribution in [0.1, 0.15) is 0 Å². The standard InChI is InChI=1S/CHNS.Na/c2-1-3;/h3H;. The molecule has 0 aromatic heterocycles. The normalized spacial score (nSPS) is 2.00. The van der Waals surface area contributed by atoms with Gasteiger partial charge >= 0.3 is 0 Å². The third-order valence-corrected chi connectivity index (χ3v) is 0. The zero-order valence-electron chi connectivity index (χ0n) is 2.39. The maximum absolute atomic E-state index is 7.18. The average Bonchev–Trinajstić information content (AvgIpc) is 0.918. The summed E-state index contributed by atoms with van der Waals surface area (Å²) in [6.45, 7) is 0. The van der Waals surface area contributed by atoms with Gasteiger partial charge in [-0.05, 0) is 0 Å². The first-order chi connectivity index (χ1) is 1.41. The van der Waals surface area contributed by atoms with E-state index in [4.69, 9.17) is 5.26 Å². The molecule has 0 unspecified atom stereocenters. The first-order valence-corrected chi connectivity index (χ1v) is 0.894. The monoisotopic (exact) mass is 82.0 g/mol. The third-order valence-electron chi connectivity index (χ3n) is 0. The Bertz CT molecular complexity index is 29.5. The van der Waals surface area contributed by atoms with Crippen LogP contribution in [0.3, 0.4) is 0 Å². The summed E-state index contributed by atoms with van der Waals surface area (Å²) >= 11 is 3.09. The van der Waals surface area contributed by atoms with Gasteiger partial charge in [-0.3, -0.25) is 0 Å². The minimum atomic E-state index is 0. The number of thiol groups is 1. The fourth-order valence-corrected chi connectivity index (χ4v) is 0. The Morgan fingerprint density at radius 1 is 1.75 bits per heavy atom.